The Morgan fingerprint density at radius 1 is 1.50 bits per heavy atom. The van der Waals surface area contributed by atoms with Gasteiger partial charge in [-0.15, -0.1) is 0 Å². The molecule has 0 heteroatoms. The van der Waals surface area contributed by atoms with Gasteiger partial charge in [-0.1, -0.05) is 37.6 Å². The molecule has 0 aromatic carbocycles. The maximum Gasteiger partial charge on any atom is -0.0229 e. The zero-order valence-corrected chi connectivity index (χ0v) is 6.77. The minimum atomic E-state index is 0.812. The summed E-state index contributed by atoms with van der Waals surface area (Å²) in [4.78, 5) is 0. The summed E-state index contributed by atoms with van der Waals surface area (Å²) in [5.74, 6) is 0.812. The molecule has 0 amide bonds. The molecule has 0 aromatic rings. The summed E-state index contributed by atoms with van der Waals surface area (Å²) >= 11 is 0. The van der Waals surface area contributed by atoms with E-state index in [0.29, 0.717) is 0 Å². The molecule has 0 nitrogen and oxygen atoms in total. The quantitative estimate of drug-likeness (QED) is 0.518. The lowest BCUT2D eigenvalue weighted by atomic mass is 9.85. The van der Waals surface area contributed by atoms with Crippen molar-refractivity contribution in [2.75, 3.05) is 0 Å². The van der Waals surface area contributed by atoms with Crippen LogP contribution in [0.2, 0.25) is 0 Å². The van der Waals surface area contributed by atoms with Crippen LogP contribution in [-0.2, 0) is 0 Å². The van der Waals surface area contributed by atoms with Gasteiger partial charge in [0.1, 0.15) is 0 Å². The molecule has 0 bridgehead atoms. The molecular formula is C10H16. The van der Waals surface area contributed by atoms with Crippen LogP contribution in [0.5, 0.6) is 0 Å². The Morgan fingerprint density at radius 2 is 2.30 bits per heavy atom. The summed E-state index contributed by atoms with van der Waals surface area (Å²) in [5.41, 5.74) is 1.60. The number of rotatable bonds is 1. The molecule has 1 atom stereocenters. The van der Waals surface area contributed by atoms with Crippen molar-refractivity contribution in [1.29, 1.82) is 0 Å². The van der Waals surface area contributed by atoms with Crippen LogP contribution in [0.25, 0.3) is 0 Å². The van der Waals surface area contributed by atoms with E-state index in [2.05, 4.69) is 19.6 Å². The molecule has 0 radical (unpaired) electrons. The number of hydrogen-bond acceptors (Lipinski definition) is 0. The molecule has 0 saturated heterocycles. The fourth-order valence-corrected chi connectivity index (χ4v) is 1.61. The predicted molar refractivity (Wildman–Crippen MR) is 45.9 cm³/mol. The summed E-state index contributed by atoms with van der Waals surface area (Å²) in [5, 5.41) is 0. The first kappa shape index (κ1) is 7.59. The standard InChI is InChI=1S/C10H16/c1-3-6-10-8-5-4-7-9(10)2/h3,6,9H,1,4-5,7-8H2,2H3/b10-6+/t9-/m0/s1. The molecule has 56 valence electrons. The van der Waals surface area contributed by atoms with Gasteiger partial charge in [-0.25, -0.2) is 0 Å². The van der Waals surface area contributed by atoms with Crippen molar-refractivity contribution in [3.63, 3.8) is 0 Å². The fourth-order valence-electron chi connectivity index (χ4n) is 1.61. The molecule has 1 rings (SSSR count). The highest BCUT2D eigenvalue weighted by Crippen LogP contribution is 2.28. The Morgan fingerprint density at radius 3 is 2.90 bits per heavy atom. The highest BCUT2D eigenvalue weighted by molar-refractivity contribution is 5.14. The van der Waals surface area contributed by atoms with Gasteiger partial charge < -0.3 is 0 Å². The normalized spacial score (nSPS) is 30.5. The third-order valence-corrected chi connectivity index (χ3v) is 2.32. The first-order chi connectivity index (χ1) is 4.84. The molecule has 0 aliphatic heterocycles. The van der Waals surface area contributed by atoms with E-state index >= 15 is 0 Å². The molecule has 0 spiro atoms. The molecular weight excluding hydrogens is 120 g/mol. The lowest BCUT2D eigenvalue weighted by Gasteiger charge is -2.20. The van der Waals surface area contributed by atoms with Crippen LogP contribution >= 0.6 is 0 Å². The lowest BCUT2D eigenvalue weighted by Crippen LogP contribution is -2.05. The average Bonchev–Trinajstić information content (AvgIpc) is 1.94. The van der Waals surface area contributed by atoms with Crippen LogP contribution in [0.1, 0.15) is 32.6 Å². The van der Waals surface area contributed by atoms with Crippen LogP contribution in [-0.4, -0.2) is 0 Å². The van der Waals surface area contributed by atoms with Crippen LogP contribution in [0, 0.1) is 5.92 Å². The van der Waals surface area contributed by atoms with E-state index in [0.717, 1.165) is 5.92 Å². The van der Waals surface area contributed by atoms with E-state index in [1.807, 2.05) is 6.08 Å². The van der Waals surface area contributed by atoms with Crippen molar-refractivity contribution in [2.45, 2.75) is 32.6 Å². The van der Waals surface area contributed by atoms with Crippen molar-refractivity contribution in [2.24, 2.45) is 5.92 Å². The first-order valence-corrected chi connectivity index (χ1v) is 4.16. The van der Waals surface area contributed by atoms with Crippen LogP contribution < -0.4 is 0 Å². The molecule has 0 N–H and O–H groups in total. The Kier molecular flexibility index (Phi) is 2.73. The smallest absolute Gasteiger partial charge is 0.0229 e. The van der Waals surface area contributed by atoms with E-state index in [-0.39, 0.29) is 0 Å². The average molecular weight is 136 g/mol. The molecule has 1 saturated carbocycles. The molecule has 0 unspecified atom stereocenters. The Balaban J connectivity index is 2.55. The Hall–Kier alpha value is -0.520. The van der Waals surface area contributed by atoms with Gasteiger partial charge in [0.2, 0.25) is 0 Å². The van der Waals surface area contributed by atoms with Crippen molar-refractivity contribution in [1.82, 2.24) is 0 Å². The second-order valence-electron chi connectivity index (χ2n) is 3.12. The molecule has 10 heavy (non-hydrogen) atoms. The van der Waals surface area contributed by atoms with Gasteiger partial charge >= 0.3 is 0 Å². The number of hydrogen-bond donors (Lipinski definition) is 0. The highest BCUT2D eigenvalue weighted by atomic mass is 14.2. The summed E-state index contributed by atoms with van der Waals surface area (Å²) in [7, 11) is 0. The Bertz CT molecular complexity index is 142. The summed E-state index contributed by atoms with van der Waals surface area (Å²) in [6.45, 7) is 6.03. The molecule has 0 aromatic heterocycles. The SMILES string of the molecule is C=C/C=C1\CCCC[C@@H]1C. The second kappa shape index (κ2) is 3.60. The maximum absolute atomic E-state index is 3.71. The minimum Gasteiger partial charge on any atom is -0.0991 e. The van der Waals surface area contributed by atoms with E-state index in [9.17, 15) is 0 Å². The van der Waals surface area contributed by atoms with E-state index in [1.165, 1.54) is 25.7 Å². The monoisotopic (exact) mass is 136 g/mol. The minimum absolute atomic E-state index is 0.812. The number of allylic oxidation sites excluding steroid dienone is 3. The molecule has 1 aliphatic rings. The van der Waals surface area contributed by atoms with Crippen molar-refractivity contribution >= 4 is 0 Å². The lowest BCUT2D eigenvalue weighted by molar-refractivity contribution is 0.484. The van der Waals surface area contributed by atoms with Crippen LogP contribution in [0.15, 0.2) is 24.3 Å². The fraction of sp³-hybridized carbons (Fsp3) is 0.600. The van der Waals surface area contributed by atoms with Crippen molar-refractivity contribution < 1.29 is 0 Å². The first-order valence-electron chi connectivity index (χ1n) is 4.16. The van der Waals surface area contributed by atoms with Gasteiger partial charge in [-0.05, 0) is 25.2 Å². The maximum atomic E-state index is 3.71. The van der Waals surface area contributed by atoms with Gasteiger partial charge in [-0.3, -0.25) is 0 Å². The van der Waals surface area contributed by atoms with E-state index in [1.54, 1.807) is 5.57 Å². The van der Waals surface area contributed by atoms with Crippen LogP contribution in [0.3, 0.4) is 0 Å². The zero-order valence-electron chi connectivity index (χ0n) is 6.77. The van der Waals surface area contributed by atoms with Crippen molar-refractivity contribution in [3.05, 3.63) is 24.3 Å². The van der Waals surface area contributed by atoms with Crippen molar-refractivity contribution in [3.8, 4) is 0 Å². The third kappa shape index (κ3) is 1.73. The summed E-state index contributed by atoms with van der Waals surface area (Å²) < 4.78 is 0. The van der Waals surface area contributed by atoms with E-state index in [4.69, 9.17) is 0 Å². The topological polar surface area (TPSA) is 0 Å². The van der Waals surface area contributed by atoms with Gasteiger partial charge in [0, 0.05) is 0 Å². The second-order valence-corrected chi connectivity index (χ2v) is 3.12. The van der Waals surface area contributed by atoms with Gasteiger partial charge in [-0.2, -0.15) is 0 Å². The van der Waals surface area contributed by atoms with Gasteiger partial charge in [0.25, 0.3) is 0 Å². The largest absolute Gasteiger partial charge is 0.0991 e. The highest BCUT2D eigenvalue weighted by Gasteiger charge is 2.12. The molecule has 1 fully saturated rings. The van der Waals surface area contributed by atoms with Crippen LogP contribution in [0.4, 0.5) is 0 Å². The molecule has 1 aliphatic carbocycles. The van der Waals surface area contributed by atoms with Gasteiger partial charge in [0.05, 0.1) is 0 Å². The zero-order chi connectivity index (χ0) is 7.40. The summed E-state index contributed by atoms with van der Waals surface area (Å²) in [6.07, 6.45) is 9.56. The van der Waals surface area contributed by atoms with E-state index < -0.39 is 0 Å². The van der Waals surface area contributed by atoms with Gasteiger partial charge in [0.15, 0.2) is 0 Å². The third-order valence-electron chi connectivity index (χ3n) is 2.32. The Labute approximate surface area is 63.6 Å². The molecule has 0 heterocycles. The predicted octanol–water partition coefficient (Wildman–Crippen LogP) is 3.31. The summed E-state index contributed by atoms with van der Waals surface area (Å²) in [6, 6.07) is 0.